The fraction of sp³-hybridized carbons (Fsp3) is 0.978. The smallest absolute Gasteiger partial charge is 0.335 e. The standard InChI is InChI=1S/C46H92O4/c1-2-3-4-5-6-7-8-9-10-11-12-13-14-15-16-17-18-19-20-21-24-27-30-33-36-39-42-46(50,45(48)49)43-40-37-34-31-28-25-22-23-26-29-32-35-38-41-44-47/h47,50H,2-44H2,1H3,(H,48,49). The lowest BCUT2D eigenvalue weighted by Crippen LogP contribution is -2.38. The predicted octanol–water partition coefficient (Wildman–Crippen LogP) is 15.2. The number of carbonyl (C=O) groups is 1. The third kappa shape index (κ3) is 37.2. The molecule has 0 aliphatic carbocycles. The van der Waals surface area contributed by atoms with Crippen molar-refractivity contribution in [3.05, 3.63) is 0 Å². The first-order chi connectivity index (χ1) is 24.6. The molecule has 1 atom stereocenters. The maximum absolute atomic E-state index is 11.8. The Bertz CT molecular complexity index is 652. The van der Waals surface area contributed by atoms with Crippen LogP contribution in [-0.2, 0) is 4.79 Å². The minimum Gasteiger partial charge on any atom is -0.479 e. The molecule has 0 heterocycles. The van der Waals surface area contributed by atoms with E-state index < -0.39 is 11.6 Å². The van der Waals surface area contributed by atoms with Crippen LogP contribution in [0.15, 0.2) is 0 Å². The van der Waals surface area contributed by atoms with E-state index in [0.29, 0.717) is 19.4 Å². The molecule has 0 amide bonds. The predicted molar refractivity (Wildman–Crippen MR) is 219 cm³/mol. The SMILES string of the molecule is CCCCCCCCCCCCCCCCCCCCCCCCCCCCC(O)(CCCCCCCCCCCCCCCCO)C(=O)O. The van der Waals surface area contributed by atoms with Gasteiger partial charge in [0.15, 0.2) is 5.60 Å². The van der Waals surface area contributed by atoms with E-state index in [1.165, 1.54) is 218 Å². The fourth-order valence-electron chi connectivity index (χ4n) is 7.72. The summed E-state index contributed by atoms with van der Waals surface area (Å²) in [7, 11) is 0. The first kappa shape index (κ1) is 49.4. The highest BCUT2D eigenvalue weighted by Crippen LogP contribution is 2.24. The van der Waals surface area contributed by atoms with Crippen LogP contribution in [0, 0.1) is 0 Å². The summed E-state index contributed by atoms with van der Waals surface area (Å²) in [5.41, 5.74) is -1.52. The van der Waals surface area contributed by atoms with Crippen molar-refractivity contribution in [1.82, 2.24) is 0 Å². The minimum atomic E-state index is -1.52. The molecule has 0 aliphatic rings. The minimum absolute atomic E-state index is 0.334. The summed E-state index contributed by atoms with van der Waals surface area (Å²) in [5, 5.41) is 29.3. The maximum atomic E-state index is 11.8. The van der Waals surface area contributed by atoms with Gasteiger partial charge >= 0.3 is 5.97 Å². The Morgan fingerprint density at radius 3 is 0.700 bits per heavy atom. The normalized spacial score (nSPS) is 12.9. The van der Waals surface area contributed by atoms with Crippen molar-refractivity contribution in [2.45, 2.75) is 282 Å². The van der Waals surface area contributed by atoms with Gasteiger partial charge in [-0.25, -0.2) is 4.79 Å². The molecule has 1 unspecified atom stereocenters. The Kier molecular flexibility index (Phi) is 40.6. The van der Waals surface area contributed by atoms with Gasteiger partial charge in [-0.2, -0.15) is 0 Å². The first-order valence-corrected chi connectivity index (χ1v) is 23.1. The fourth-order valence-corrected chi connectivity index (χ4v) is 7.72. The molecule has 0 aliphatic heterocycles. The third-order valence-electron chi connectivity index (χ3n) is 11.3. The van der Waals surface area contributed by atoms with Gasteiger partial charge in [0.2, 0.25) is 0 Å². The highest BCUT2D eigenvalue weighted by Gasteiger charge is 2.34. The molecule has 0 saturated heterocycles. The molecular weight excluding hydrogens is 617 g/mol. The first-order valence-electron chi connectivity index (χ1n) is 23.1. The van der Waals surface area contributed by atoms with Gasteiger partial charge < -0.3 is 15.3 Å². The van der Waals surface area contributed by atoms with Crippen LogP contribution in [-0.4, -0.2) is 33.5 Å². The van der Waals surface area contributed by atoms with E-state index in [0.717, 1.165) is 38.5 Å². The van der Waals surface area contributed by atoms with Crippen molar-refractivity contribution in [2.24, 2.45) is 0 Å². The Balaban J connectivity index is 3.41. The molecule has 0 aromatic rings. The third-order valence-corrected chi connectivity index (χ3v) is 11.3. The zero-order valence-corrected chi connectivity index (χ0v) is 34.2. The van der Waals surface area contributed by atoms with Gasteiger partial charge in [-0.1, -0.05) is 244 Å². The highest BCUT2D eigenvalue weighted by atomic mass is 16.4. The zero-order valence-electron chi connectivity index (χ0n) is 34.2. The number of aliphatic hydroxyl groups excluding tert-OH is 1. The summed E-state index contributed by atoms with van der Waals surface area (Å²) in [6, 6.07) is 0. The average molecular weight is 709 g/mol. The van der Waals surface area contributed by atoms with Crippen LogP contribution >= 0.6 is 0 Å². The van der Waals surface area contributed by atoms with Crippen LogP contribution < -0.4 is 0 Å². The van der Waals surface area contributed by atoms with Crippen LogP contribution in [0.4, 0.5) is 0 Å². The Morgan fingerprint density at radius 2 is 0.520 bits per heavy atom. The Hall–Kier alpha value is -0.610. The summed E-state index contributed by atoms with van der Waals surface area (Å²) in [6.07, 6.45) is 53.3. The molecule has 0 spiro atoms. The van der Waals surface area contributed by atoms with E-state index in [4.69, 9.17) is 5.11 Å². The molecule has 0 bridgehead atoms. The van der Waals surface area contributed by atoms with Crippen LogP contribution in [0.3, 0.4) is 0 Å². The molecule has 3 N–H and O–H groups in total. The van der Waals surface area contributed by atoms with Crippen molar-refractivity contribution >= 4 is 5.97 Å². The van der Waals surface area contributed by atoms with Crippen molar-refractivity contribution in [3.63, 3.8) is 0 Å². The molecule has 0 saturated carbocycles. The van der Waals surface area contributed by atoms with Crippen LogP contribution in [0.2, 0.25) is 0 Å². The monoisotopic (exact) mass is 709 g/mol. The largest absolute Gasteiger partial charge is 0.479 e. The van der Waals surface area contributed by atoms with Crippen LogP contribution in [0.25, 0.3) is 0 Å². The molecule has 0 aromatic carbocycles. The van der Waals surface area contributed by atoms with E-state index in [9.17, 15) is 15.0 Å². The van der Waals surface area contributed by atoms with Crippen LogP contribution in [0.1, 0.15) is 277 Å². The summed E-state index contributed by atoms with van der Waals surface area (Å²) in [6.45, 7) is 2.63. The van der Waals surface area contributed by atoms with Gasteiger partial charge in [-0.05, 0) is 32.1 Å². The zero-order chi connectivity index (χ0) is 36.5. The topological polar surface area (TPSA) is 77.8 Å². The van der Waals surface area contributed by atoms with Gasteiger partial charge in [-0.15, -0.1) is 0 Å². The molecule has 300 valence electrons. The van der Waals surface area contributed by atoms with E-state index in [2.05, 4.69) is 6.92 Å². The number of aliphatic carboxylic acids is 1. The van der Waals surface area contributed by atoms with E-state index in [1.54, 1.807) is 0 Å². The van der Waals surface area contributed by atoms with E-state index in [-0.39, 0.29) is 0 Å². The number of unbranched alkanes of at least 4 members (excludes halogenated alkanes) is 38. The lowest BCUT2D eigenvalue weighted by molar-refractivity contribution is -0.160. The highest BCUT2D eigenvalue weighted by molar-refractivity contribution is 5.76. The summed E-state index contributed by atoms with van der Waals surface area (Å²) >= 11 is 0. The summed E-state index contributed by atoms with van der Waals surface area (Å²) < 4.78 is 0. The number of rotatable bonds is 44. The van der Waals surface area contributed by atoms with Crippen molar-refractivity contribution in [3.8, 4) is 0 Å². The molecule has 4 heteroatoms. The lowest BCUT2D eigenvalue weighted by atomic mass is 9.89. The van der Waals surface area contributed by atoms with Gasteiger partial charge in [0, 0.05) is 6.61 Å². The summed E-state index contributed by atoms with van der Waals surface area (Å²) in [4.78, 5) is 11.8. The molecule has 0 aromatic heterocycles. The van der Waals surface area contributed by atoms with Gasteiger partial charge in [0.05, 0.1) is 0 Å². The second-order valence-electron chi connectivity index (χ2n) is 16.3. The van der Waals surface area contributed by atoms with E-state index >= 15 is 0 Å². The quantitative estimate of drug-likeness (QED) is 0.0551. The molecule has 0 fully saturated rings. The second-order valence-corrected chi connectivity index (χ2v) is 16.3. The van der Waals surface area contributed by atoms with Gasteiger partial charge in [-0.3, -0.25) is 0 Å². The van der Waals surface area contributed by atoms with Crippen molar-refractivity contribution in [1.29, 1.82) is 0 Å². The number of hydrogen-bond donors (Lipinski definition) is 3. The van der Waals surface area contributed by atoms with E-state index in [1.807, 2.05) is 0 Å². The molecule has 0 rings (SSSR count). The average Bonchev–Trinajstić information content (AvgIpc) is 3.11. The molecule has 4 nitrogen and oxygen atoms in total. The second kappa shape index (κ2) is 41.2. The number of carboxylic acid groups (broad SMARTS) is 1. The van der Waals surface area contributed by atoms with Gasteiger partial charge in [0.1, 0.15) is 0 Å². The number of aliphatic hydroxyl groups is 2. The number of hydrogen-bond acceptors (Lipinski definition) is 3. The Labute approximate surface area is 314 Å². The van der Waals surface area contributed by atoms with Gasteiger partial charge in [0.25, 0.3) is 0 Å². The van der Waals surface area contributed by atoms with Crippen molar-refractivity contribution in [2.75, 3.05) is 6.61 Å². The Morgan fingerprint density at radius 1 is 0.340 bits per heavy atom. The number of carboxylic acids is 1. The van der Waals surface area contributed by atoms with Crippen LogP contribution in [0.5, 0.6) is 0 Å². The maximum Gasteiger partial charge on any atom is 0.335 e. The summed E-state index contributed by atoms with van der Waals surface area (Å²) in [5.74, 6) is -1.02. The molecular formula is C46H92O4. The molecule has 0 radical (unpaired) electrons. The van der Waals surface area contributed by atoms with Crippen molar-refractivity contribution < 1.29 is 20.1 Å². The lowest BCUT2D eigenvalue weighted by Gasteiger charge is -2.23. The molecule has 50 heavy (non-hydrogen) atoms.